The van der Waals surface area contributed by atoms with Crippen molar-refractivity contribution in [1.82, 2.24) is 10.2 Å². The largest absolute Gasteiger partial charge is 0.348 e. The molecule has 0 aliphatic heterocycles. The third-order valence-electron chi connectivity index (χ3n) is 2.22. The Labute approximate surface area is 107 Å². The van der Waals surface area contributed by atoms with Crippen molar-refractivity contribution >= 4 is 21.8 Å². The molecule has 0 heterocycles. The molecule has 0 aromatic heterocycles. The van der Waals surface area contributed by atoms with Gasteiger partial charge in [0.1, 0.15) is 11.6 Å². The highest BCUT2D eigenvalue weighted by Crippen LogP contribution is 2.21. The third kappa shape index (κ3) is 3.74. The molecule has 0 fully saturated rings. The quantitative estimate of drug-likeness (QED) is 0.862. The Morgan fingerprint density at radius 3 is 2.65 bits per heavy atom. The Hall–Kier alpha value is -1.01. The van der Waals surface area contributed by atoms with E-state index in [0.717, 1.165) is 0 Å². The lowest BCUT2D eigenvalue weighted by Crippen LogP contribution is -2.33. The lowest BCUT2D eigenvalue weighted by atomic mass is 10.2. The zero-order valence-corrected chi connectivity index (χ0v) is 11.1. The van der Waals surface area contributed by atoms with Gasteiger partial charge in [-0.3, -0.25) is 4.79 Å². The molecule has 6 heteroatoms. The number of rotatable bonds is 4. The molecular weight excluding hydrogens is 294 g/mol. The van der Waals surface area contributed by atoms with Crippen molar-refractivity contribution in [2.75, 3.05) is 20.6 Å². The van der Waals surface area contributed by atoms with E-state index in [4.69, 9.17) is 0 Å². The van der Waals surface area contributed by atoms with E-state index in [1.54, 1.807) is 14.1 Å². The third-order valence-corrected chi connectivity index (χ3v) is 2.83. The van der Waals surface area contributed by atoms with Crippen LogP contribution in [0.2, 0.25) is 0 Å². The van der Waals surface area contributed by atoms with Gasteiger partial charge in [0.2, 0.25) is 5.91 Å². The van der Waals surface area contributed by atoms with Crippen LogP contribution in [0, 0.1) is 11.6 Å². The molecule has 0 saturated carbocycles. The van der Waals surface area contributed by atoms with Crippen molar-refractivity contribution in [3.05, 3.63) is 33.8 Å². The molecule has 0 saturated heterocycles. The topological polar surface area (TPSA) is 32.3 Å². The fourth-order valence-corrected chi connectivity index (χ4v) is 1.56. The highest BCUT2D eigenvalue weighted by atomic mass is 79.9. The maximum absolute atomic E-state index is 13.5. The van der Waals surface area contributed by atoms with E-state index < -0.39 is 11.6 Å². The van der Waals surface area contributed by atoms with E-state index >= 15 is 0 Å². The molecule has 0 bridgehead atoms. The summed E-state index contributed by atoms with van der Waals surface area (Å²) in [7, 11) is 3.23. The molecule has 0 radical (unpaired) electrons. The van der Waals surface area contributed by atoms with E-state index in [1.165, 1.54) is 17.0 Å². The Morgan fingerprint density at radius 1 is 1.41 bits per heavy atom. The first-order valence-corrected chi connectivity index (χ1v) is 5.76. The highest BCUT2D eigenvalue weighted by molar-refractivity contribution is 9.10. The van der Waals surface area contributed by atoms with Crippen LogP contribution in [-0.4, -0.2) is 31.4 Å². The Morgan fingerprint density at radius 2 is 2.06 bits per heavy atom. The molecule has 94 valence electrons. The summed E-state index contributed by atoms with van der Waals surface area (Å²) in [5.41, 5.74) is -0.0778. The molecule has 0 aliphatic rings. The Balaban J connectivity index is 2.64. The van der Waals surface area contributed by atoms with E-state index in [9.17, 15) is 13.6 Å². The summed E-state index contributed by atoms with van der Waals surface area (Å²) in [6.45, 7) is 0.00901. The molecule has 1 aromatic rings. The number of carbonyl (C=O) groups is 1. The van der Waals surface area contributed by atoms with Crippen LogP contribution in [0.15, 0.2) is 16.6 Å². The lowest BCUT2D eigenvalue weighted by Gasteiger charge is -2.11. The number of amides is 1. The molecule has 1 rings (SSSR count). The molecule has 0 unspecified atom stereocenters. The second-order valence-electron chi connectivity index (χ2n) is 3.71. The van der Waals surface area contributed by atoms with E-state index in [0.29, 0.717) is 0 Å². The predicted molar refractivity (Wildman–Crippen MR) is 64.5 cm³/mol. The van der Waals surface area contributed by atoms with Crippen molar-refractivity contribution in [3.63, 3.8) is 0 Å². The van der Waals surface area contributed by atoms with Crippen LogP contribution < -0.4 is 5.32 Å². The summed E-state index contributed by atoms with van der Waals surface area (Å²) in [5.74, 6) is -1.42. The van der Waals surface area contributed by atoms with Crippen LogP contribution in [0.3, 0.4) is 0 Å². The van der Waals surface area contributed by atoms with Crippen LogP contribution >= 0.6 is 15.9 Å². The number of halogens is 3. The molecule has 1 aromatic carbocycles. The normalized spacial score (nSPS) is 10.4. The highest BCUT2D eigenvalue weighted by Gasteiger charge is 2.12. The van der Waals surface area contributed by atoms with Crippen molar-refractivity contribution in [1.29, 1.82) is 0 Å². The summed E-state index contributed by atoms with van der Waals surface area (Å²) < 4.78 is 27.0. The second kappa shape index (κ2) is 6.07. The number of likely N-dealkylation sites (N-methyl/N-ethyl adjacent to an activating group) is 1. The predicted octanol–water partition coefficient (Wildman–Crippen LogP) is 1.91. The maximum atomic E-state index is 13.5. The molecule has 1 N–H and O–H groups in total. The minimum Gasteiger partial charge on any atom is -0.348 e. The summed E-state index contributed by atoms with van der Waals surface area (Å²) in [4.78, 5) is 12.6. The molecule has 3 nitrogen and oxygen atoms in total. The summed E-state index contributed by atoms with van der Waals surface area (Å²) in [6, 6.07) is 2.48. The van der Waals surface area contributed by atoms with Crippen LogP contribution in [0.1, 0.15) is 5.56 Å². The number of hydrogen-bond acceptors (Lipinski definition) is 2. The van der Waals surface area contributed by atoms with Crippen molar-refractivity contribution in [2.45, 2.75) is 6.54 Å². The Bertz CT molecular complexity index is 424. The van der Waals surface area contributed by atoms with Gasteiger partial charge in [-0.1, -0.05) is 0 Å². The van der Waals surface area contributed by atoms with Gasteiger partial charge in [-0.2, -0.15) is 0 Å². The van der Waals surface area contributed by atoms with Gasteiger partial charge in [-0.15, -0.1) is 0 Å². The lowest BCUT2D eigenvalue weighted by molar-refractivity contribution is -0.127. The number of benzene rings is 1. The average molecular weight is 307 g/mol. The fourth-order valence-electron chi connectivity index (χ4n) is 1.18. The van der Waals surface area contributed by atoms with Gasteiger partial charge in [-0.25, -0.2) is 8.78 Å². The summed E-state index contributed by atoms with van der Waals surface area (Å²) in [5, 5.41) is 2.70. The first-order chi connectivity index (χ1) is 7.93. The summed E-state index contributed by atoms with van der Waals surface area (Å²) >= 11 is 2.98. The van der Waals surface area contributed by atoms with Crippen LogP contribution in [0.5, 0.6) is 0 Å². The van der Waals surface area contributed by atoms with Gasteiger partial charge < -0.3 is 10.2 Å². The minimum absolute atomic E-state index is 0.0311. The molecule has 17 heavy (non-hydrogen) atoms. The maximum Gasteiger partial charge on any atom is 0.236 e. The molecule has 1 amide bonds. The minimum atomic E-state index is -0.644. The van der Waals surface area contributed by atoms with E-state index in [1.807, 2.05) is 0 Å². The van der Waals surface area contributed by atoms with Gasteiger partial charge in [0.15, 0.2) is 0 Å². The molecule has 0 spiro atoms. The number of carbonyl (C=O) groups excluding carboxylic acids is 1. The van der Waals surface area contributed by atoms with Crippen molar-refractivity contribution < 1.29 is 13.6 Å². The first kappa shape index (κ1) is 14.1. The fraction of sp³-hybridized carbons (Fsp3) is 0.364. The smallest absolute Gasteiger partial charge is 0.236 e. The average Bonchev–Trinajstić information content (AvgIpc) is 2.28. The van der Waals surface area contributed by atoms with Crippen LogP contribution in [0.25, 0.3) is 0 Å². The van der Waals surface area contributed by atoms with Crippen LogP contribution in [-0.2, 0) is 11.3 Å². The molecule has 0 atom stereocenters. The van der Waals surface area contributed by atoms with Crippen molar-refractivity contribution in [3.8, 4) is 0 Å². The molecule has 0 aliphatic carbocycles. The number of nitrogens with zero attached hydrogens (tertiary/aromatic N) is 1. The zero-order chi connectivity index (χ0) is 13.0. The molecular formula is C11H13BrF2N2O. The van der Waals surface area contributed by atoms with Gasteiger partial charge in [-0.05, 0) is 28.1 Å². The van der Waals surface area contributed by atoms with Gasteiger partial charge in [0, 0.05) is 26.2 Å². The zero-order valence-electron chi connectivity index (χ0n) is 9.56. The van der Waals surface area contributed by atoms with E-state index in [-0.39, 0.29) is 29.0 Å². The summed E-state index contributed by atoms with van der Waals surface area (Å²) in [6.07, 6.45) is 0. The Kier molecular flexibility index (Phi) is 5.02. The van der Waals surface area contributed by atoms with Crippen LogP contribution in [0.4, 0.5) is 8.78 Å². The second-order valence-corrected chi connectivity index (χ2v) is 4.57. The SMILES string of the molecule is CN(C)C(=O)CNCc1c(F)ccc(Br)c1F. The van der Waals surface area contributed by atoms with Gasteiger partial charge >= 0.3 is 0 Å². The van der Waals surface area contributed by atoms with E-state index in [2.05, 4.69) is 21.2 Å². The monoisotopic (exact) mass is 306 g/mol. The number of hydrogen-bond donors (Lipinski definition) is 1. The van der Waals surface area contributed by atoms with Crippen molar-refractivity contribution in [2.24, 2.45) is 0 Å². The number of nitrogens with one attached hydrogen (secondary N) is 1. The first-order valence-electron chi connectivity index (χ1n) is 4.96. The standard InChI is InChI=1S/C11H13BrF2N2O/c1-16(2)10(17)6-15-5-7-9(13)4-3-8(12)11(7)14/h3-4,15H,5-6H2,1-2H3. The van der Waals surface area contributed by atoms with Gasteiger partial charge in [0.05, 0.1) is 11.0 Å². The van der Waals surface area contributed by atoms with Gasteiger partial charge in [0.25, 0.3) is 0 Å².